The van der Waals surface area contributed by atoms with Gasteiger partial charge in [0.1, 0.15) is 0 Å². The van der Waals surface area contributed by atoms with Gasteiger partial charge in [-0.3, -0.25) is 0 Å². The van der Waals surface area contributed by atoms with Gasteiger partial charge in [0.25, 0.3) is 0 Å². The Morgan fingerprint density at radius 2 is 2.25 bits per heavy atom. The molecule has 2 amide bonds. The molecule has 0 aromatic heterocycles. The average Bonchev–Trinajstić information content (AvgIpc) is 3.05. The summed E-state index contributed by atoms with van der Waals surface area (Å²) in [7, 11) is 0. The van der Waals surface area contributed by atoms with Crippen molar-refractivity contribution in [2.45, 2.75) is 32.4 Å². The maximum absolute atomic E-state index is 11.6. The van der Waals surface area contributed by atoms with Crippen molar-refractivity contribution in [3.8, 4) is 0 Å². The molecule has 0 radical (unpaired) electrons. The van der Waals surface area contributed by atoms with Gasteiger partial charge in [-0.1, -0.05) is 12.1 Å². The van der Waals surface area contributed by atoms with E-state index in [1.807, 2.05) is 25.1 Å². The van der Waals surface area contributed by atoms with Crippen LogP contribution in [0.1, 0.15) is 24.0 Å². The summed E-state index contributed by atoms with van der Waals surface area (Å²) in [6.45, 7) is 2.45. The lowest BCUT2D eigenvalue weighted by atomic mass is 10.1. The minimum atomic E-state index is -0.125. The maximum atomic E-state index is 11.6. The number of amides is 2. The normalized spacial score (nSPS) is 14.6. The number of benzene rings is 1. The van der Waals surface area contributed by atoms with Crippen molar-refractivity contribution in [3.63, 3.8) is 0 Å². The molecule has 0 heterocycles. The van der Waals surface area contributed by atoms with Gasteiger partial charge in [-0.15, -0.1) is 0 Å². The van der Waals surface area contributed by atoms with E-state index in [-0.39, 0.29) is 6.03 Å². The van der Waals surface area contributed by atoms with E-state index in [0.717, 1.165) is 29.7 Å². The highest BCUT2D eigenvalue weighted by Gasteiger charge is 2.23. The zero-order valence-corrected chi connectivity index (χ0v) is 9.42. The zero-order valence-electron chi connectivity index (χ0n) is 9.42. The fourth-order valence-electron chi connectivity index (χ4n) is 1.50. The maximum Gasteiger partial charge on any atom is 0.319 e. The topological polar surface area (TPSA) is 67.1 Å². The molecule has 0 spiro atoms. The van der Waals surface area contributed by atoms with Crippen molar-refractivity contribution >= 4 is 11.7 Å². The second-order valence-electron chi connectivity index (χ2n) is 4.23. The summed E-state index contributed by atoms with van der Waals surface area (Å²) in [5.41, 5.74) is 8.46. The molecule has 0 aliphatic heterocycles. The SMILES string of the molecule is Cc1ccc(CN)cc1NC(=O)NC1CC1. The van der Waals surface area contributed by atoms with Gasteiger partial charge < -0.3 is 16.4 Å². The minimum Gasteiger partial charge on any atom is -0.335 e. The molecule has 2 rings (SSSR count). The molecule has 4 heteroatoms. The third kappa shape index (κ3) is 2.73. The number of anilines is 1. The van der Waals surface area contributed by atoms with E-state index in [0.29, 0.717) is 12.6 Å². The zero-order chi connectivity index (χ0) is 11.5. The molecule has 4 N–H and O–H groups in total. The van der Waals surface area contributed by atoms with Crippen molar-refractivity contribution in [1.29, 1.82) is 0 Å². The monoisotopic (exact) mass is 219 g/mol. The van der Waals surface area contributed by atoms with Crippen LogP contribution in [-0.2, 0) is 6.54 Å². The Morgan fingerprint density at radius 3 is 2.88 bits per heavy atom. The third-order valence-electron chi connectivity index (χ3n) is 2.70. The Hall–Kier alpha value is -1.55. The summed E-state index contributed by atoms with van der Waals surface area (Å²) in [5, 5.41) is 5.74. The van der Waals surface area contributed by atoms with Crippen LogP contribution in [0.4, 0.5) is 10.5 Å². The third-order valence-corrected chi connectivity index (χ3v) is 2.70. The van der Waals surface area contributed by atoms with Crippen LogP contribution in [-0.4, -0.2) is 12.1 Å². The summed E-state index contributed by atoms with van der Waals surface area (Å²) in [5.74, 6) is 0. The quantitative estimate of drug-likeness (QED) is 0.724. The number of rotatable bonds is 3. The molecule has 0 unspecified atom stereocenters. The van der Waals surface area contributed by atoms with Gasteiger partial charge in [0.2, 0.25) is 0 Å². The van der Waals surface area contributed by atoms with Crippen molar-refractivity contribution in [3.05, 3.63) is 29.3 Å². The summed E-state index contributed by atoms with van der Waals surface area (Å²) in [6.07, 6.45) is 2.19. The first kappa shape index (κ1) is 11.0. The Morgan fingerprint density at radius 1 is 1.50 bits per heavy atom. The summed E-state index contributed by atoms with van der Waals surface area (Å²) < 4.78 is 0. The Kier molecular flexibility index (Phi) is 3.10. The fraction of sp³-hybridized carbons (Fsp3) is 0.417. The number of hydrogen-bond donors (Lipinski definition) is 3. The van der Waals surface area contributed by atoms with E-state index >= 15 is 0 Å². The number of urea groups is 1. The van der Waals surface area contributed by atoms with Gasteiger partial charge in [-0.2, -0.15) is 0 Å². The molecule has 1 aliphatic carbocycles. The smallest absolute Gasteiger partial charge is 0.319 e. The number of carbonyl (C=O) groups is 1. The number of aryl methyl sites for hydroxylation is 1. The lowest BCUT2D eigenvalue weighted by molar-refractivity contribution is 0.251. The van der Waals surface area contributed by atoms with E-state index in [4.69, 9.17) is 5.73 Å². The van der Waals surface area contributed by atoms with Crippen LogP contribution in [0.5, 0.6) is 0 Å². The lowest BCUT2D eigenvalue weighted by Crippen LogP contribution is -2.30. The Balaban J connectivity index is 2.03. The molecule has 1 aromatic carbocycles. The molecule has 4 nitrogen and oxygen atoms in total. The van der Waals surface area contributed by atoms with Crippen molar-refractivity contribution in [1.82, 2.24) is 5.32 Å². The van der Waals surface area contributed by atoms with Gasteiger partial charge >= 0.3 is 6.03 Å². The van der Waals surface area contributed by atoms with E-state index in [2.05, 4.69) is 10.6 Å². The van der Waals surface area contributed by atoms with Crippen molar-refractivity contribution in [2.75, 3.05) is 5.32 Å². The first-order chi connectivity index (χ1) is 7.69. The minimum absolute atomic E-state index is 0.125. The highest BCUT2D eigenvalue weighted by atomic mass is 16.2. The van der Waals surface area contributed by atoms with E-state index in [1.165, 1.54) is 0 Å². The van der Waals surface area contributed by atoms with Gasteiger partial charge in [-0.25, -0.2) is 4.79 Å². The predicted molar refractivity (Wildman–Crippen MR) is 64.2 cm³/mol. The number of nitrogens with one attached hydrogen (secondary N) is 2. The predicted octanol–water partition coefficient (Wildman–Crippen LogP) is 1.74. The molecule has 1 aromatic rings. The van der Waals surface area contributed by atoms with E-state index in [9.17, 15) is 4.79 Å². The number of carbonyl (C=O) groups excluding carboxylic acids is 1. The van der Waals surface area contributed by atoms with Gasteiger partial charge in [0, 0.05) is 18.3 Å². The van der Waals surface area contributed by atoms with Crippen molar-refractivity contribution in [2.24, 2.45) is 5.73 Å². The van der Waals surface area contributed by atoms with Crippen LogP contribution in [0.25, 0.3) is 0 Å². The molecule has 0 bridgehead atoms. The molecule has 1 fully saturated rings. The van der Waals surface area contributed by atoms with Crippen LogP contribution in [0.2, 0.25) is 0 Å². The highest BCUT2D eigenvalue weighted by Crippen LogP contribution is 2.20. The largest absolute Gasteiger partial charge is 0.335 e. The molecule has 16 heavy (non-hydrogen) atoms. The fourth-order valence-corrected chi connectivity index (χ4v) is 1.50. The van der Waals surface area contributed by atoms with E-state index < -0.39 is 0 Å². The second-order valence-corrected chi connectivity index (χ2v) is 4.23. The van der Waals surface area contributed by atoms with Gasteiger partial charge in [-0.05, 0) is 37.0 Å². The van der Waals surface area contributed by atoms with Gasteiger partial charge in [0.15, 0.2) is 0 Å². The Bertz CT molecular complexity index is 399. The first-order valence-electron chi connectivity index (χ1n) is 5.56. The summed E-state index contributed by atoms with van der Waals surface area (Å²) >= 11 is 0. The molecule has 86 valence electrons. The molecule has 0 saturated heterocycles. The van der Waals surface area contributed by atoms with Crippen LogP contribution in [0.3, 0.4) is 0 Å². The average molecular weight is 219 g/mol. The van der Waals surface area contributed by atoms with Crippen LogP contribution in [0.15, 0.2) is 18.2 Å². The van der Waals surface area contributed by atoms with Crippen LogP contribution in [0, 0.1) is 6.92 Å². The van der Waals surface area contributed by atoms with E-state index in [1.54, 1.807) is 0 Å². The summed E-state index contributed by atoms with van der Waals surface area (Å²) in [6, 6.07) is 6.11. The molecular formula is C12H17N3O. The highest BCUT2D eigenvalue weighted by molar-refractivity contribution is 5.90. The molecule has 1 saturated carbocycles. The first-order valence-corrected chi connectivity index (χ1v) is 5.56. The molecular weight excluding hydrogens is 202 g/mol. The van der Waals surface area contributed by atoms with Gasteiger partial charge in [0.05, 0.1) is 0 Å². The Labute approximate surface area is 95.2 Å². The second kappa shape index (κ2) is 4.53. The van der Waals surface area contributed by atoms with Crippen LogP contribution >= 0.6 is 0 Å². The number of nitrogens with two attached hydrogens (primary N) is 1. The molecule has 1 aliphatic rings. The number of hydrogen-bond acceptors (Lipinski definition) is 2. The lowest BCUT2D eigenvalue weighted by Gasteiger charge is -2.10. The standard InChI is InChI=1S/C12H17N3O/c1-8-2-3-9(7-13)6-11(8)15-12(16)14-10-4-5-10/h2-3,6,10H,4-5,7,13H2,1H3,(H2,14,15,16). The van der Waals surface area contributed by atoms with Crippen LogP contribution < -0.4 is 16.4 Å². The summed E-state index contributed by atoms with van der Waals surface area (Å²) in [4.78, 5) is 11.6. The van der Waals surface area contributed by atoms with Crippen molar-refractivity contribution < 1.29 is 4.79 Å². The molecule has 0 atom stereocenters.